The molecule has 7 nitrogen and oxygen atoms in total. The Bertz CT molecular complexity index is 1310. The third-order valence-electron chi connectivity index (χ3n) is 5.69. The molecule has 8 heteroatoms. The van der Waals surface area contributed by atoms with E-state index in [1.54, 1.807) is 30.1 Å². The maximum Gasteiger partial charge on any atom is 0.246 e. The molecular formula is C26H26FN5O2. The molecule has 4 aromatic rings. The van der Waals surface area contributed by atoms with Gasteiger partial charge in [0.05, 0.1) is 5.39 Å². The van der Waals surface area contributed by atoms with E-state index in [0.717, 1.165) is 19.4 Å². The second-order valence-corrected chi connectivity index (χ2v) is 8.02. The first-order valence-electron chi connectivity index (χ1n) is 11.1. The molecule has 0 bridgehead atoms. The number of benzene rings is 2. The molecule has 3 heterocycles. The number of carbonyl (C=O) groups excluding carboxylic acids is 1. The monoisotopic (exact) mass is 459 g/mol. The van der Waals surface area contributed by atoms with Gasteiger partial charge in [-0.2, -0.15) is 5.10 Å². The van der Waals surface area contributed by atoms with Crippen LogP contribution in [0.4, 0.5) is 4.39 Å². The van der Waals surface area contributed by atoms with Crippen molar-refractivity contribution >= 4 is 16.9 Å². The first-order chi connectivity index (χ1) is 16.5. The molecule has 1 aliphatic rings. The van der Waals surface area contributed by atoms with Gasteiger partial charge in [-0.3, -0.25) is 4.79 Å². The molecule has 5 rings (SSSR count). The van der Waals surface area contributed by atoms with E-state index in [2.05, 4.69) is 28.6 Å². The second-order valence-electron chi connectivity index (χ2n) is 8.02. The number of hydrogen-bond donors (Lipinski definition) is 0. The highest BCUT2D eigenvalue weighted by Gasteiger charge is 2.22. The van der Waals surface area contributed by atoms with Gasteiger partial charge in [-0.25, -0.2) is 19.0 Å². The Morgan fingerprint density at radius 3 is 2.68 bits per heavy atom. The van der Waals surface area contributed by atoms with E-state index in [0.29, 0.717) is 39.8 Å². The first kappa shape index (κ1) is 23.1. The highest BCUT2D eigenvalue weighted by atomic mass is 19.1. The largest absolute Gasteiger partial charge is 0.457 e. The van der Waals surface area contributed by atoms with Crippen molar-refractivity contribution in [2.75, 3.05) is 6.54 Å². The zero-order valence-corrected chi connectivity index (χ0v) is 19.2. The van der Waals surface area contributed by atoms with Crippen molar-refractivity contribution in [1.29, 1.82) is 0 Å². The number of amides is 1. The Hall–Kier alpha value is -4.07. The van der Waals surface area contributed by atoms with Crippen molar-refractivity contribution in [2.45, 2.75) is 25.8 Å². The molecule has 1 aliphatic heterocycles. The lowest BCUT2D eigenvalue weighted by Crippen LogP contribution is -2.31. The molecule has 2 aromatic carbocycles. The number of aryl methyl sites for hydroxylation is 1. The van der Waals surface area contributed by atoms with E-state index in [1.807, 2.05) is 35.2 Å². The van der Waals surface area contributed by atoms with E-state index < -0.39 is 5.82 Å². The van der Waals surface area contributed by atoms with Crippen LogP contribution in [-0.4, -0.2) is 43.1 Å². The number of aromatic nitrogens is 4. The maximum absolute atomic E-state index is 14.6. The van der Waals surface area contributed by atoms with Gasteiger partial charge in [0.15, 0.2) is 5.65 Å². The number of carbonyl (C=O) groups is 1. The fourth-order valence-electron chi connectivity index (χ4n) is 3.95. The summed E-state index contributed by atoms with van der Waals surface area (Å²) in [7, 11) is 1.77. The van der Waals surface area contributed by atoms with Gasteiger partial charge >= 0.3 is 0 Å². The van der Waals surface area contributed by atoms with Gasteiger partial charge in [-0.1, -0.05) is 24.8 Å². The molecule has 0 saturated carbocycles. The van der Waals surface area contributed by atoms with Crippen molar-refractivity contribution in [3.05, 3.63) is 79.5 Å². The van der Waals surface area contributed by atoms with Gasteiger partial charge in [0.1, 0.15) is 29.3 Å². The third-order valence-corrected chi connectivity index (χ3v) is 5.69. The number of likely N-dealkylation sites (tertiary alicyclic amines) is 1. The molecule has 0 aliphatic carbocycles. The summed E-state index contributed by atoms with van der Waals surface area (Å²) in [5.74, 6) is 0.748. The average molecular weight is 460 g/mol. The minimum absolute atomic E-state index is 0.0741. The Kier molecular flexibility index (Phi) is 6.96. The maximum atomic E-state index is 14.6. The number of nitrogens with zero attached hydrogens (tertiary/aromatic N) is 5. The number of fused-ring (bicyclic) bond motifs is 1. The van der Waals surface area contributed by atoms with Gasteiger partial charge in [-0.15, -0.1) is 0 Å². The van der Waals surface area contributed by atoms with Crippen LogP contribution in [-0.2, 0) is 11.8 Å². The number of halogens is 1. The Labute approximate surface area is 197 Å². The van der Waals surface area contributed by atoms with Gasteiger partial charge in [0.25, 0.3) is 0 Å². The molecule has 0 radical (unpaired) electrons. The highest BCUT2D eigenvalue weighted by molar-refractivity contribution is 5.90. The molecule has 174 valence electrons. The van der Waals surface area contributed by atoms with Gasteiger partial charge in [0.2, 0.25) is 5.91 Å². The smallest absolute Gasteiger partial charge is 0.246 e. The molecule has 0 N–H and O–H groups in total. The lowest BCUT2D eigenvalue weighted by Gasteiger charge is -2.18. The summed E-state index contributed by atoms with van der Waals surface area (Å²) in [6, 6.07) is 14.4. The standard InChI is InChI=1S/C18H13FN4O.C8H13NO/c1-23-18-15(10-20-11-21-18)17(22-23)14-8-7-13(9-16(14)19)24-12-5-3-2-4-6-12;1-3-8(10)9-6-4-5-7(9)2/h2-11H,1H3;3,7H,1,4-6H2,2H3. The molecule has 1 saturated heterocycles. The number of para-hydroxylation sites is 1. The molecular weight excluding hydrogens is 433 g/mol. The first-order valence-corrected chi connectivity index (χ1v) is 11.1. The van der Waals surface area contributed by atoms with Crippen molar-refractivity contribution in [1.82, 2.24) is 24.6 Å². The number of hydrogen-bond acceptors (Lipinski definition) is 5. The zero-order valence-electron chi connectivity index (χ0n) is 19.2. The Morgan fingerprint density at radius 1 is 1.21 bits per heavy atom. The molecule has 1 fully saturated rings. The molecule has 0 spiro atoms. The molecule has 34 heavy (non-hydrogen) atoms. The summed E-state index contributed by atoms with van der Waals surface area (Å²) in [6.45, 7) is 6.43. The topological polar surface area (TPSA) is 73.1 Å². The molecule has 1 atom stereocenters. The summed E-state index contributed by atoms with van der Waals surface area (Å²) >= 11 is 0. The van der Waals surface area contributed by atoms with Crippen molar-refractivity contribution in [3.8, 4) is 22.8 Å². The highest BCUT2D eigenvalue weighted by Crippen LogP contribution is 2.31. The van der Waals surface area contributed by atoms with Crippen LogP contribution in [0.15, 0.2) is 73.7 Å². The van der Waals surface area contributed by atoms with E-state index in [-0.39, 0.29) is 5.91 Å². The summed E-state index contributed by atoms with van der Waals surface area (Å²) in [4.78, 5) is 21.1. The average Bonchev–Trinajstić information content (AvgIpc) is 3.43. The predicted molar refractivity (Wildman–Crippen MR) is 129 cm³/mol. The quantitative estimate of drug-likeness (QED) is 0.395. The van der Waals surface area contributed by atoms with Crippen LogP contribution in [0.25, 0.3) is 22.3 Å². The normalized spacial score (nSPS) is 15.0. The Morgan fingerprint density at radius 2 is 2.00 bits per heavy atom. The van der Waals surface area contributed by atoms with Crippen molar-refractivity contribution < 1.29 is 13.9 Å². The molecule has 2 aromatic heterocycles. The number of ether oxygens (including phenoxy) is 1. The van der Waals surface area contributed by atoms with Gasteiger partial charge in [0, 0.05) is 37.5 Å². The summed E-state index contributed by atoms with van der Waals surface area (Å²) in [6.07, 6.45) is 6.75. The predicted octanol–water partition coefficient (Wildman–Crippen LogP) is 5.15. The van der Waals surface area contributed by atoms with E-state index in [1.165, 1.54) is 18.5 Å². The lowest BCUT2D eigenvalue weighted by molar-refractivity contribution is -0.126. The SMILES string of the molecule is C=CC(=O)N1CCCC1C.Cn1nc(-c2ccc(Oc3ccccc3)cc2F)c2cncnc21. The van der Waals surface area contributed by atoms with E-state index in [9.17, 15) is 9.18 Å². The van der Waals surface area contributed by atoms with Crippen molar-refractivity contribution in [3.63, 3.8) is 0 Å². The summed E-state index contributed by atoms with van der Waals surface area (Å²) < 4.78 is 21.9. The van der Waals surface area contributed by atoms with E-state index in [4.69, 9.17) is 4.74 Å². The zero-order chi connectivity index (χ0) is 24.1. The van der Waals surface area contributed by atoms with Crippen LogP contribution in [0.3, 0.4) is 0 Å². The van der Waals surface area contributed by atoms with Crippen LogP contribution < -0.4 is 4.74 Å². The Balaban J connectivity index is 0.000000231. The van der Waals surface area contributed by atoms with Crippen LogP contribution in [0.1, 0.15) is 19.8 Å². The van der Waals surface area contributed by atoms with Crippen LogP contribution in [0.5, 0.6) is 11.5 Å². The third kappa shape index (κ3) is 4.96. The summed E-state index contributed by atoms with van der Waals surface area (Å²) in [5, 5.41) is 5.07. The second kappa shape index (κ2) is 10.2. The summed E-state index contributed by atoms with van der Waals surface area (Å²) in [5.41, 5.74) is 1.55. The lowest BCUT2D eigenvalue weighted by atomic mass is 10.1. The fraction of sp³-hybridized carbons (Fsp3) is 0.231. The fourth-order valence-corrected chi connectivity index (χ4v) is 3.95. The molecule has 1 unspecified atom stereocenters. The van der Waals surface area contributed by atoms with Crippen LogP contribution in [0.2, 0.25) is 0 Å². The van der Waals surface area contributed by atoms with E-state index >= 15 is 0 Å². The van der Waals surface area contributed by atoms with Crippen molar-refractivity contribution in [2.24, 2.45) is 7.05 Å². The minimum Gasteiger partial charge on any atom is -0.457 e. The minimum atomic E-state index is -0.410. The molecule has 1 amide bonds. The van der Waals surface area contributed by atoms with Crippen LogP contribution >= 0.6 is 0 Å². The van der Waals surface area contributed by atoms with Gasteiger partial charge < -0.3 is 9.64 Å². The number of rotatable bonds is 4. The van der Waals surface area contributed by atoms with Crippen LogP contribution in [0, 0.1) is 5.82 Å². The van der Waals surface area contributed by atoms with Gasteiger partial charge in [-0.05, 0) is 50.1 Å².